The summed E-state index contributed by atoms with van der Waals surface area (Å²) in [7, 11) is 0. The number of rotatable bonds is 6. The van der Waals surface area contributed by atoms with Crippen molar-refractivity contribution in [2.24, 2.45) is 0 Å². The molecule has 0 radical (unpaired) electrons. The summed E-state index contributed by atoms with van der Waals surface area (Å²) in [4.78, 5) is 29.5. The molecule has 1 atom stereocenters. The Morgan fingerprint density at radius 2 is 1.97 bits per heavy atom. The van der Waals surface area contributed by atoms with Gasteiger partial charge in [0.1, 0.15) is 15.7 Å². The van der Waals surface area contributed by atoms with E-state index in [1.165, 1.54) is 30.4 Å². The summed E-state index contributed by atoms with van der Waals surface area (Å²) >= 11 is 7.19. The molecule has 5 nitrogen and oxygen atoms in total. The predicted octanol–water partition coefficient (Wildman–Crippen LogP) is 4.77. The van der Waals surface area contributed by atoms with Gasteiger partial charge in [0.05, 0.1) is 5.69 Å². The van der Waals surface area contributed by atoms with Crippen molar-refractivity contribution in [1.82, 2.24) is 10.3 Å². The number of nitrogens with zero attached hydrogens (tertiary/aromatic N) is 1. The summed E-state index contributed by atoms with van der Waals surface area (Å²) in [6.45, 7) is 3.41. The molecule has 150 valence electrons. The number of aromatic nitrogens is 1. The first kappa shape index (κ1) is 21.0. The molecule has 0 saturated carbocycles. The Bertz CT molecular complexity index is 1040. The average molecular weight is 433 g/mol. The topological polar surface area (TPSA) is 68.3 Å². The van der Waals surface area contributed by atoms with Gasteiger partial charge in [-0.25, -0.2) is 14.2 Å². The molecule has 1 aromatic heterocycles. The number of carbonyl (C=O) groups is 2. The molecule has 0 fully saturated rings. The van der Waals surface area contributed by atoms with Gasteiger partial charge in [0.2, 0.25) is 0 Å². The second-order valence-electron chi connectivity index (χ2n) is 6.34. The van der Waals surface area contributed by atoms with Crippen LogP contribution in [0.4, 0.5) is 4.39 Å². The number of aryl methyl sites for hydroxylation is 1. The lowest BCUT2D eigenvalue weighted by molar-refractivity contribution is -0.129. The second kappa shape index (κ2) is 9.15. The van der Waals surface area contributed by atoms with Crippen molar-refractivity contribution in [1.29, 1.82) is 0 Å². The molecule has 1 amide bonds. The molecule has 3 aromatic rings. The van der Waals surface area contributed by atoms with Crippen molar-refractivity contribution in [3.8, 4) is 10.6 Å². The van der Waals surface area contributed by atoms with Gasteiger partial charge in [0.25, 0.3) is 5.91 Å². The zero-order chi connectivity index (χ0) is 21.0. The Hall–Kier alpha value is -2.77. The van der Waals surface area contributed by atoms with E-state index in [4.69, 9.17) is 16.3 Å². The monoisotopic (exact) mass is 432 g/mol. The fourth-order valence-electron chi connectivity index (χ4n) is 2.53. The predicted molar refractivity (Wildman–Crippen MR) is 110 cm³/mol. The summed E-state index contributed by atoms with van der Waals surface area (Å²) in [5, 5.41) is 3.88. The van der Waals surface area contributed by atoms with Crippen molar-refractivity contribution in [2.75, 3.05) is 0 Å². The van der Waals surface area contributed by atoms with E-state index in [1.54, 1.807) is 37.3 Å². The zero-order valence-electron chi connectivity index (χ0n) is 15.7. The Labute approximate surface area is 176 Å². The molecule has 0 spiro atoms. The highest BCUT2D eigenvalue weighted by atomic mass is 35.5. The summed E-state index contributed by atoms with van der Waals surface area (Å²) in [6, 6.07) is 13.0. The number of amides is 1. The second-order valence-corrected chi connectivity index (χ2v) is 7.77. The molecule has 8 heteroatoms. The minimum absolute atomic E-state index is 0.208. The smallest absolute Gasteiger partial charge is 0.351 e. The van der Waals surface area contributed by atoms with Gasteiger partial charge >= 0.3 is 5.97 Å². The first-order valence-corrected chi connectivity index (χ1v) is 9.99. The van der Waals surface area contributed by atoms with Crippen LogP contribution in [0.1, 0.15) is 27.9 Å². The van der Waals surface area contributed by atoms with Crippen molar-refractivity contribution < 1.29 is 18.7 Å². The number of esters is 1. The Morgan fingerprint density at radius 3 is 2.66 bits per heavy atom. The maximum Gasteiger partial charge on any atom is 0.351 e. The molecule has 29 heavy (non-hydrogen) atoms. The maximum atomic E-state index is 12.9. The lowest BCUT2D eigenvalue weighted by Crippen LogP contribution is -2.35. The maximum absolute atomic E-state index is 12.9. The van der Waals surface area contributed by atoms with Crippen LogP contribution in [0.15, 0.2) is 48.5 Å². The number of nitrogens with one attached hydrogen (secondary N) is 1. The quantitative estimate of drug-likeness (QED) is 0.569. The molecule has 0 bridgehead atoms. The number of carbonyl (C=O) groups excluding carboxylic acids is 2. The molecule has 3 rings (SSSR count). The van der Waals surface area contributed by atoms with Crippen molar-refractivity contribution >= 4 is 34.8 Å². The van der Waals surface area contributed by atoms with E-state index < -0.39 is 18.0 Å². The Morgan fingerprint density at radius 1 is 1.24 bits per heavy atom. The van der Waals surface area contributed by atoms with E-state index in [9.17, 15) is 14.0 Å². The lowest BCUT2D eigenvalue weighted by Gasteiger charge is -2.13. The SMILES string of the molecule is Cc1nc(-c2cccc(Cl)c2)sc1C(=O)OC(C)C(=O)NCc1ccc(F)cc1. The minimum atomic E-state index is -0.987. The standard InChI is InChI=1S/C21H18ClFN2O3S/c1-12-18(29-20(25-12)15-4-3-5-16(22)10-15)21(27)28-13(2)19(26)24-11-14-6-8-17(23)9-7-14/h3-10,13H,11H2,1-2H3,(H,24,26). The summed E-state index contributed by atoms with van der Waals surface area (Å²) in [5.74, 6) is -1.41. The van der Waals surface area contributed by atoms with E-state index in [0.717, 1.165) is 11.1 Å². The van der Waals surface area contributed by atoms with Gasteiger partial charge in [-0.15, -0.1) is 11.3 Å². The van der Waals surface area contributed by atoms with Crippen molar-refractivity contribution in [3.05, 3.63) is 75.5 Å². The highest BCUT2D eigenvalue weighted by Gasteiger charge is 2.23. The number of benzene rings is 2. The largest absolute Gasteiger partial charge is 0.448 e. The molecule has 0 saturated heterocycles. The summed E-state index contributed by atoms with van der Waals surface area (Å²) in [6.07, 6.45) is -0.987. The van der Waals surface area contributed by atoms with Crippen LogP contribution in [0.25, 0.3) is 10.6 Å². The number of hydrogen-bond donors (Lipinski definition) is 1. The zero-order valence-corrected chi connectivity index (χ0v) is 17.3. The molecule has 1 N–H and O–H groups in total. The molecule has 2 aromatic carbocycles. The fourth-order valence-corrected chi connectivity index (χ4v) is 3.67. The lowest BCUT2D eigenvalue weighted by atomic mass is 10.2. The van der Waals surface area contributed by atoms with Gasteiger partial charge < -0.3 is 10.1 Å². The fraction of sp³-hybridized carbons (Fsp3) is 0.190. The third-order valence-electron chi connectivity index (χ3n) is 4.09. The molecule has 0 aliphatic carbocycles. The van der Waals surface area contributed by atoms with Gasteiger partial charge in [-0.1, -0.05) is 35.9 Å². The third-order valence-corrected chi connectivity index (χ3v) is 5.51. The first-order valence-electron chi connectivity index (χ1n) is 8.80. The van der Waals surface area contributed by atoms with Crippen LogP contribution in [0.5, 0.6) is 0 Å². The van der Waals surface area contributed by atoms with Crippen LogP contribution in [-0.2, 0) is 16.1 Å². The van der Waals surface area contributed by atoms with Crippen molar-refractivity contribution in [3.63, 3.8) is 0 Å². The third kappa shape index (κ3) is 5.40. The number of thiazole rings is 1. The highest BCUT2D eigenvalue weighted by Crippen LogP contribution is 2.30. The molecule has 1 unspecified atom stereocenters. The van der Waals surface area contributed by atoms with Crippen LogP contribution in [0.3, 0.4) is 0 Å². The molecular formula is C21H18ClFN2O3S. The molecule has 0 aliphatic rings. The van der Waals surface area contributed by atoms with Crippen LogP contribution >= 0.6 is 22.9 Å². The van der Waals surface area contributed by atoms with Crippen molar-refractivity contribution in [2.45, 2.75) is 26.5 Å². The van der Waals surface area contributed by atoms with Crippen LogP contribution < -0.4 is 5.32 Å². The highest BCUT2D eigenvalue weighted by molar-refractivity contribution is 7.17. The van der Waals surface area contributed by atoms with Gasteiger partial charge in [0.15, 0.2) is 6.10 Å². The number of ether oxygens (including phenoxy) is 1. The van der Waals surface area contributed by atoms with Crippen LogP contribution in [-0.4, -0.2) is 23.0 Å². The first-order chi connectivity index (χ1) is 13.8. The van der Waals surface area contributed by atoms with Gasteiger partial charge in [-0.3, -0.25) is 4.79 Å². The van der Waals surface area contributed by atoms with E-state index in [-0.39, 0.29) is 12.4 Å². The molecule has 0 aliphatic heterocycles. The summed E-state index contributed by atoms with van der Waals surface area (Å²) < 4.78 is 18.2. The van der Waals surface area contributed by atoms with E-state index in [0.29, 0.717) is 20.6 Å². The Balaban J connectivity index is 1.61. The number of halogens is 2. The Kier molecular flexibility index (Phi) is 6.61. The van der Waals surface area contributed by atoms with E-state index >= 15 is 0 Å². The normalized spacial score (nSPS) is 11.7. The van der Waals surface area contributed by atoms with Gasteiger partial charge in [-0.2, -0.15) is 0 Å². The van der Waals surface area contributed by atoms with E-state index in [1.807, 2.05) is 6.07 Å². The van der Waals surface area contributed by atoms with Crippen LogP contribution in [0, 0.1) is 12.7 Å². The van der Waals surface area contributed by atoms with Crippen LogP contribution in [0.2, 0.25) is 5.02 Å². The number of hydrogen-bond acceptors (Lipinski definition) is 5. The molecule has 1 heterocycles. The minimum Gasteiger partial charge on any atom is -0.448 e. The molecular weight excluding hydrogens is 415 g/mol. The van der Waals surface area contributed by atoms with Gasteiger partial charge in [-0.05, 0) is 43.7 Å². The van der Waals surface area contributed by atoms with E-state index in [2.05, 4.69) is 10.3 Å². The summed E-state index contributed by atoms with van der Waals surface area (Å²) in [5.41, 5.74) is 2.06. The average Bonchev–Trinajstić information content (AvgIpc) is 3.09. The van der Waals surface area contributed by atoms with Gasteiger partial charge in [0, 0.05) is 17.1 Å².